The van der Waals surface area contributed by atoms with E-state index in [-0.39, 0.29) is 6.04 Å². The SMILES string of the molecule is CCNC(Cc1cccc(OC)c1)c1occc1Br. The van der Waals surface area contributed by atoms with E-state index in [9.17, 15) is 0 Å². The third kappa shape index (κ3) is 3.61. The topological polar surface area (TPSA) is 34.4 Å². The molecule has 0 saturated carbocycles. The first-order valence-electron chi connectivity index (χ1n) is 6.33. The molecule has 0 fully saturated rings. The van der Waals surface area contributed by atoms with Crippen LogP contribution < -0.4 is 10.1 Å². The Morgan fingerprint density at radius 2 is 2.21 bits per heavy atom. The minimum absolute atomic E-state index is 0.154. The lowest BCUT2D eigenvalue weighted by atomic mass is 10.0. The van der Waals surface area contributed by atoms with Crippen LogP contribution in [0.3, 0.4) is 0 Å². The fraction of sp³-hybridized carbons (Fsp3) is 0.333. The van der Waals surface area contributed by atoms with Crippen LogP contribution in [0.5, 0.6) is 5.75 Å². The average Bonchev–Trinajstić information content (AvgIpc) is 2.85. The van der Waals surface area contributed by atoms with Gasteiger partial charge in [0.25, 0.3) is 0 Å². The van der Waals surface area contributed by atoms with E-state index in [4.69, 9.17) is 9.15 Å². The lowest BCUT2D eigenvalue weighted by molar-refractivity contribution is 0.407. The summed E-state index contributed by atoms with van der Waals surface area (Å²) in [7, 11) is 1.68. The molecule has 2 rings (SSSR count). The van der Waals surface area contributed by atoms with Gasteiger partial charge in [-0.05, 0) is 52.7 Å². The smallest absolute Gasteiger partial charge is 0.135 e. The quantitative estimate of drug-likeness (QED) is 0.874. The largest absolute Gasteiger partial charge is 0.497 e. The highest BCUT2D eigenvalue weighted by molar-refractivity contribution is 9.10. The van der Waals surface area contributed by atoms with Crippen molar-refractivity contribution >= 4 is 15.9 Å². The maximum absolute atomic E-state index is 5.57. The van der Waals surface area contributed by atoms with Crippen molar-refractivity contribution in [3.63, 3.8) is 0 Å². The van der Waals surface area contributed by atoms with Gasteiger partial charge in [-0.1, -0.05) is 19.1 Å². The molecule has 1 atom stereocenters. The predicted molar refractivity (Wildman–Crippen MR) is 79.5 cm³/mol. The highest BCUT2D eigenvalue weighted by Crippen LogP contribution is 2.28. The zero-order valence-electron chi connectivity index (χ0n) is 11.2. The summed E-state index contributed by atoms with van der Waals surface area (Å²) in [6.45, 7) is 2.98. The number of methoxy groups -OCH3 is 1. The Morgan fingerprint density at radius 3 is 2.84 bits per heavy atom. The normalized spacial score (nSPS) is 12.4. The van der Waals surface area contributed by atoms with Gasteiger partial charge in [0, 0.05) is 0 Å². The van der Waals surface area contributed by atoms with Crippen molar-refractivity contribution in [3.8, 4) is 5.75 Å². The van der Waals surface area contributed by atoms with E-state index >= 15 is 0 Å². The molecule has 1 N–H and O–H groups in total. The lowest BCUT2D eigenvalue weighted by Gasteiger charge is -2.16. The minimum atomic E-state index is 0.154. The molecule has 0 radical (unpaired) electrons. The molecule has 0 aliphatic heterocycles. The summed E-state index contributed by atoms with van der Waals surface area (Å²) in [5.74, 6) is 1.82. The van der Waals surface area contributed by atoms with Crippen molar-refractivity contribution in [3.05, 3.63) is 52.4 Å². The number of likely N-dealkylation sites (N-methyl/N-ethyl adjacent to an activating group) is 1. The van der Waals surface area contributed by atoms with Gasteiger partial charge in [-0.2, -0.15) is 0 Å². The van der Waals surface area contributed by atoms with Gasteiger partial charge in [-0.25, -0.2) is 0 Å². The zero-order valence-corrected chi connectivity index (χ0v) is 12.7. The van der Waals surface area contributed by atoms with E-state index in [0.717, 1.165) is 28.9 Å². The summed E-state index contributed by atoms with van der Waals surface area (Å²) < 4.78 is 11.8. The molecule has 3 nitrogen and oxygen atoms in total. The second-order valence-electron chi connectivity index (χ2n) is 4.30. The van der Waals surface area contributed by atoms with Gasteiger partial charge in [0.05, 0.1) is 23.9 Å². The van der Waals surface area contributed by atoms with Crippen LogP contribution in [0.25, 0.3) is 0 Å². The molecule has 1 aromatic heterocycles. The lowest BCUT2D eigenvalue weighted by Crippen LogP contribution is -2.22. The Hall–Kier alpha value is -1.26. The molecule has 0 spiro atoms. The number of rotatable bonds is 6. The number of benzene rings is 1. The summed E-state index contributed by atoms with van der Waals surface area (Å²) in [6.07, 6.45) is 2.56. The fourth-order valence-electron chi connectivity index (χ4n) is 2.09. The third-order valence-electron chi connectivity index (χ3n) is 2.99. The molecule has 4 heteroatoms. The number of furan rings is 1. The Balaban J connectivity index is 2.18. The third-order valence-corrected chi connectivity index (χ3v) is 3.64. The first-order chi connectivity index (χ1) is 9.24. The van der Waals surface area contributed by atoms with Crippen LogP contribution in [-0.2, 0) is 6.42 Å². The van der Waals surface area contributed by atoms with E-state index < -0.39 is 0 Å². The molecule has 1 unspecified atom stereocenters. The predicted octanol–water partition coefficient (Wildman–Crippen LogP) is 3.94. The maximum Gasteiger partial charge on any atom is 0.135 e. The van der Waals surface area contributed by atoms with Gasteiger partial charge in [0.2, 0.25) is 0 Å². The van der Waals surface area contributed by atoms with Crippen LogP contribution in [0.1, 0.15) is 24.3 Å². The van der Waals surface area contributed by atoms with E-state index in [0.29, 0.717) is 0 Å². The van der Waals surface area contributed by atoms with Crippen molar-refractivity contribution in [1.29, 1.82) is 0 Å². The number of hydrogen-bond donors (Lipinski definition) is 1. The van der Waals surface area contributed by atoms with Crippen molar-refractivity contribution in [1.82, 2.24) is 5.32 Å². The molecule has 0 saturated heterocycles. The molecule has 1 heterocycles. The first-order valence-corrected chi connectivity index (χ1v) is 7.13. The molecule has 0 aliphatic rings. The summed E-state index contributed by atoms with van der Waals surface area (Å²) in [5, 5.41) is 3.45. The maximum atomic E-state index is 5.57. The van der Waals surface area contributed by atoms with Crippen LogP contribution >= 0.6 is 15.9 Å². The molecule has 19 heavy (non-hydrogen) atoms. The zero-order chi connectivity index (χ0) is 13.7. The van der Waals surface area contributed by atoms with E-state index in [1.807, 2.05) is 18.2 Å². The fourth-order valence-corrected chi connectivity index (χ4v) is 2.57. The monoisotopic (exact) mass is 323 g/mol. The highest BCUT2D eigenvalue weighted by atomic mass is 79.9. The van der Waals surface area contributed by atoms with Gasteiger partial charge in [-0.15, -0.1) is 0 Å². The molecular formula is C15H18BrNO2. The molecule has 102 valence electrons. The van der Waals surface area contributed by atoms with Crippen LogP contribution in [0, 0.1) is 0 Å². The number of halogens is 1. The summed E-state index contributed by atoms with van der Waals surface area (Å²) >= 11 is 3.52. The van der Waals surface area contributed by atoms with Crippen LogP contribution in [0.2, 0.25) is 0 Å². The Labute approximate surface area is 122 Å². The van der Waals surface area contributed by atoms with Crippen molar-refractivity contribution < 1.29 is 9.15 Å². The van der Waals surface area contributed by atoms with Gasteiger partial charge in [0.15, 0.2) is 0 Å². The molecule has 0 bridgehead atoms. The first kappa shape index (κ1) is 14.2. The van der Waals surface area contributed by atoms with Crippen molar-refractivity contribution in [2.75, 3.05) is 13.7 Å². The van der Waals surface area contributed by atoms with Crippen LogP contribution in [-0.4, -0.2) is 13.7 Å². The summed E-state index contributed by atoms with van der Waals surface area (Å²) in [4.78, 5) is 0. The van der Waals surface area contributed by atoms with Crippen molar-refractivity contribution in [2.45, 2.75) is 19.4 Å². The van der Waals surface area contributed by atoms with Crippen molar-refractivity contribution in [2.24, 2.45) is 0 Å². The van der Waals surface area contributed by atoms with E-state index in [1.165, 1.54) is 5.56 Å². The van der Waals surface area contributed by atoms with Crippen LogP contribution in [0.4, 0.5) is 0 Å². The minimum Gasteiger partial charge on any atom is -0.497 e. The van der Waals surface area contributed by atoms with Gasteiger partial charge < -0.3 is 14.5 Å². The number of nitrogens with one attached hydrogen (secondary N) is 1. The second-order valence-corrected chi connectivity index (χ2v) is 5.15. The Bertz CT molecular complexity index is 524. The van der Waals surface area contributed by atoms with Crippen LogP contribution in [0.15, 0.2) is 45.5 Å². The average molecular weight is 324 g/mol. The second kappa shape index (κ2) is 6.78. The Kier molecular flexibility index (Phi) is 5.05. The molecule has 2 aromatic rings. The summed E-state index contributed by atoms with van der Waals surface area (Å²) in [6, 6.07) is 10.2. The van der Waals surface area contributed by atoms with Gasteiger partial charge >= 0.3 is 0 Å². The van der Waals surface area contributed by atoms with Gasteiger partial charge in [0.1, 0.15) is 11.5 Å². The standard InChI is InChI=1S/C15H18BrNO2/c1-3-17-14(15-13(16)7-8-19-15)10-11-5-4-6-12(9-11)18-2/h4-9,14,17H,3,10H2,1-2H3. The molecule has 0 aliphatic carbocycles. The molecule has 1 aromatic carbocycles. The van der Waals surface area contributed by atoms with E-state index in [1.54, 1.807) is 13.4 Å². The highest BCUT2D eigenvalue weighted by Gasteiger charge is 2.17. The van der Waals surface area contributed by atoms with Gasteiger partial charge in [-0.3, -0.25) is 0 Å². The molecular weight excluding hydrogens is 306 g/mol. The number of ether oxygens (including phenoxy) is 1. The number of hydrogen-bond acceptors (Lipinski definition) is 3. The molecule has 0 amide bonds. The Morgan fingerprint density at radius 1 is 1.37 bits per heavy atom. The summed E-state index contributed by atoms with van der Waals surface area (Å²) in [5.41, 5.74) is 1.22. The van der Waals surface area contributed by atoms with E-state index in [2.05, 4.69) is 40.3 Å².